The highest BCUT2D eigenvalue weighted by Gasteiger charge is 2.50. The quantitative estimate of drug-likeness (QED) is 0.419. The van der Waals surface area contributed by atoms with Crippen LogP contribution in [0.4, 0.5) is 0 Å². The molecule has 1 saturated heterocycles. The van der Waals surface area contributed by atoms with E-state index < -0.39 is 20.2 Å². The van der Waals surface area contributed by atoms with Crippen molar-refractivity contribution in [2.24, 2.45) is 5.41 Å². The van der Waals surface area contributed by atoms with Crippen molar-refractivity contribution in [1.29, 1.82) is 0 Å². The summed E-state index contributed by atoms with van der Waals surface area (Å²) in [5.74, 6) is -1.12. The molecule has 1 N–H and O–H groups in total. The van der Waals surface area contributed by atoms with Crippen molar-refractivity contribution < 1.29 is 14.7 Å². The van der Waals surface area contributed by atoms with Crippen LogP contribution in [0.3, 0.4) is 0 Å². The Balaban J connectivity index is 2.11. The Morgan fingerprint density at radius 3 is 2.41 bits per heavy atom. The van der Waals surface area contributed by atoms with Crippen LogP contribution in [0.2, 0.25) is 29.2 Å². The summed E-state index contributed by atoms with van der Waals surface area (Å²) in [5.41, 5.74) is 1.04. The van der Waals surface area contributed by atoms with Gasteiger partial charge in [-0.25, -0.2) is 0 Å². The molecule has 1 unspecified atom stereocenters. The van der Waals surface area contributed by atoms with Gasteiger partial charge in [0.1, 0.15) is 0 Å². The predicted molar refractivity (Wildman–Crippen MR) is 132 cm³/mol. The fourth-order valence-electron chi connectivity index (χ4n) is 4.81. The zero-order valence-corrected chi connectivity index (χ0v) is 21.3. The number of carbonyl (C=O) groups excluding carboxylic acids is 1. The first-order chi connectivity index (χ1) is 15.1. The first-order valence-electron chi connectivity index (χ1n) is 10.9. The van der Waals surface area contributed by atoms with Crippen LogP contribution in [0.15, 0.2) is 48.5 Å². The Bertz CT molecular complexity index is 966. The number of hydrogen-bond donors (Lipinski definition) is 1. The number of carboxylic acids is 1. The van der Waals surface area contributed by atoms with E-state index in [2.05, 4.69) is 13.1 Å². The molecule has 1 heterocycles. The average molecular weight is 492 g/mol. The molecule has 1 amide bonds. The van der Waals surface area contributed by atoms with Crippen molar-refractivity contribution in [3.63, 3.8) is 0 Å². The Kier molecular flexibility index (Phi) is 8.07. The zero-order chi connectivity index (χ0) is 23.5. The van der Waals surface area contributed by atoms with Gasteiger partial charge in [0.15, 0.2) is 0 Å². The molecule has 1 aliphatic rings. The van der Waals surface area contributed by atoms with Crippen molar-refractivity contribution in [2.45, 2.75) is 57.3 Å². The minimum atomic E-state index is -0.978. The van der Waals surface area contributed by atoms with Crippen LogP contribution >= 0.6 is 23.2 Å². The summed E-state index contributed by atoms with van der Waals surface area (Å²) in [6.45, 7) is 6.93. The number of piperidine rings is 1. The van der Waals surface area contributed by atoms with E-state index in [9.17, 15) is 14.7 Å². The molecule has 3 rings (SSSR count). The molecule has 2 aromatic carbocycles. The highest BCUT2D eigenvalue weighted by Crippen LogP contribution is 2.51. The van der Waals surface area contributed by atoms with E-state index in [1.807, 2.05) is 53.4 Å². The van der Waals surface area contributed by atoms with Gasteiger partial charge in [0.05, 0.1) is 17.9 Å². The number of carbonyl (C=O) groups is 2. The van der Waals surface area contributed by atoms with Gasteiger partial charge in [-0.1, -0.05) is 73.5 Å². The van der Waals surface area contributed by atoms with Gasteiger partial charge in [0.25, 0.3) is 0 Å². The lowest BCUT2D eigenvalue weighted by molar-refractivity contribution is -0.157. The van der Waals surface area contributed by atoms with Crippen molar-refractivity contribution >= 4 is 43.9 Å². The van der Waals surface area contributed by atoms with Crippen LogP contribution in [0.1, 0.15) is 49.3 Å². The number of rotatable bonds is 8. The molecule has 1 aliphatic heterocycles. The first-order valence-corrected chi connectivity index (χ1v) is 14.4. The number of hydrogen-bond acceptors (Lipinski definition) is 2. The van der Waals surface area contributed by atoms with Gasteiger partial charge in [0, 0.05) is 31.3 Å². The molecule has 32 heavy (non-hydrogen) atoms. The number of likely N-dealkylation sites (tertiary alicyclic amines) is 1. The molecular weight excluding hydrogens is 461 g/mol. The van der Waals surface area contributed by atoms with Crippen LogP contribution in [0.5, 0.6) is 0 Å². The number of nitrogens with zero attached hydrogens (tertiary/aromatic N) is 1. The number of aliphatic carboxylic acids is 1. The van der Waals surface area contributed by atoms with Crippen molar-refractivity contribution in [2.75, 3.05) is 6.54 Å². The maximum atomic E-state index is 13.8. The summed E-state index contributed by atoms with van der Waals surface area (Å²) >= 11 is 12.5. The Morgan fingerprint density at radius 2 is 1.81 bits per heavy atom. The SMILES string of the molecule is C[Si](C)CCCN1C(=O)[C@@](C)(CC(=O)O)CC(c2cccc(Cl)c2)[C@H]1c1ccc(Cl)cc1. The van der Waals surface area contributed by atoms with E-state index in [1.54, 1.807) is 6.92 Å². The molecule has 0 saturated carbocycles. The summed E-state index contributed by atoms with van der Waals surface area (Å²) in [5, 5.41) is 10.9. The smallest absolute Gasteiger partial charge is 0.304 e. The van der Waals surface area contributed by atoms with Crippen LogP contribution in [-0.4, -0.2) is 37.2 Å². The molecule has 2 aromatic rings. The van der Waals surface area contributed by atoms with Gasteiger partial charge < -0.3 is 10.0 Å². The molecule has 1 radical (unpaired) electrons. The normalized spacial score (nSPS) is 23.6. The van der Waals surface area contributed by atoms with Gasteiger partial charge in [0.2, 0.25) is 5.91 Å². The maximum Gasteiger partial charge on any atom is 0.304 e. The van der Waals surface area contributed by atoms with Gasteiger partial charge >= 0.3 is 5.97 Å². The summed E-state index contributed by atoms with van der Waals surface area (Å²) < 4.78 is 0. The van der Waals surface area contributed by atoms with E-state index >= 15 is 0 Å². The second-order valence-corrected chi connectivity index (χ2v) is 13.1. The van der Waals surface area contributed by atoms with E-state index in [1.165, 1.54) is 0 Å². The average Bonchev–Trinajstić information content (AvgIpc) is 2.71. The largest absolute Gasteiger partial charge is 0.481 e. The second kappa shape index (κ2) is 10.4. The molecule has 0 bridgehead atoms. The summed E-state index contributed by atoms with van der Waals surface area (Å²) in [7, 11) is -0.424. The lowest BCUT2D eigenvalue weighted by atomic mass is 9.67. The molecular formula is C25H30Cl2NO3Si. The van der Waals surface area contributed by atoms with Crippen LogP contribution < -0.4 is 0 Å². The van der Waals surface area contributed by atoms with Crippen LogP contribution in [0, 0.1) is 5.41 Å². The fourth-order valence-corrected chi connectivity index (χ4v) is 6.00. The number of amides is 1. The molecule has 0 aliphatic carbocycles. The minimum absolute atomic E-state index is 0.0787. The minimum Gasteiger partial charge on any atom is -0.481 e. The lowest BCUT2D eigenvalue weighted by Crippen LogP contribution is -2.52. The van der Waals surface area contributed by atoms with E-state index in [4.69, 9.17) is 23.2 Å². The molecule has 7 heteroatoms. The van der Waals surface area contributed by atoms with Gasteiger partial charge in [-0.3, -0.25) is 9.59 Å². The standard InChI is InChI=1S/C25H30Cl2NO3Si/c1-25(16-22(29)30)15-21(18-6-4-7-20(27)14-18)23(17-8-10-19(26)11-9-17)28(24(25)31)12-5-13-32(2)3/h4,6-11,14,21,23H,5,12-13,15-16H2,1-3H3,(H,29,30)/t21?,23-,25-/m1/s1. The lowest BCUT2D eigenvalue weighted by Gasteiger charge is -2.49. The van der Waals surface area contributed by atoms with E-state index in [0.29, 0.717) is 23.0 Å². The Labute approximate surface area is 202 Å². The number of benzene rings is 2. The number of halogens is 2. The Hall–Kier alpha value is -1.82. The molecule has 4 nitrogen and oxygen atoms in total. The summed E-state index contributed by atoms with van der Waals surface area (Å²) in [4.78, 5) is 27.4. The molecule has 0 aromatic heterocycles. The molecule has 1 fully saturated rings. The van der Waals surface area contributed by atoms with Gasteiger partial charge in [-0.05, 0) is 48.2 Å². The van der Waals surface area contributed by atoms with E-state index in [0.717, 1.165) is 23.6 Å². The third-order valence-corrected chi connectivity index (χ3v) is 8.11. The molecule has 0 spiro atoms. The summed E-state index contributed by atoms with van der Waals surface area (Å²) in [6, 6.07) is 16.2. The van der Waals surface area contributed by atoms with Crippen LogP contribution in [-0.2, 0) is 9.59 Å². The van der Waals surface area contributed by atoms with Crippen molar-refractivity contribution in [3.05, 3.63) is 69.7 Å². The highest BCUT2D eigenvalue weighted by atomic mass is 35.5. The van der Waals surface area contributed by atoms with E-state index in [-0.39, 0.29) is 24.3 Å². The summed E-state index contributed by atoms with van der Waals surface area (Å²) in [6.07, 6.45) is 1.16. The second-order valence-electron chi connectivity index (χ2n) is 9.30. The van der Waals surface area contributed by atoms with Gasteiger partial charge in [-0.2, -0.15) is 0 Å². The van der Waals surface area contributed by atoms with Crippen molar-refractivity contribution in [3.8, 4) is 0 Å². The first kappa shape index (κ1) is 24.8. The molecule has 171 valence electrons. The number of carboxylic acid groups (broad SMARTS) is 1. The predicted octanol–water partition coefficient (Wildman–Crippen LogP) is 6.68. The third kappa shape index (κ3) is 5.75. The van der Waals surface area contributed by atoms with Crippen molar-refractivity contribution in [1.82, 2.24) is 4.90 Å². The highest BCUT2D eigenvalue weighted by molar-refractivity contribution is 6.55. The zero-order valence-electron chi connectivity index (χ0n) is 18.8. The van der Waals surface area contributed by atoms with Crippen LogP contribution in [0.25, 0.3) is 0 Å². The monoisotopic (exact) mass is 490 g/mol. The molecule has 3 atom stereocenters. The Morgan fingerprint density at radius 1 is 1.12 bits per heavy atom. The third-order valence-electron chi connectivity index (χ3n) is 6.27. The van der Waals surface area contributed by atoms with Gasteiger partial charge in [-0.15, -0.1) is 0 Å². The maximum absolute atomic E-state index is 13.8. The fraction of sp³-hybridized carbons (Fsp3) is 0.440. The topological polar surface area (TPSA) is 57.6 Å².